The summed E-state index contributed by atoms with van der Waals surface area (Å²) in [6.07, 6.45) is 2.93. The highest BCUT2D eigenvalue weighted by Crippen LogP contribution is 2.25. The van der Waals surface area contributed by atoms with Crippen LogP contribution in [0.1, 0.15) is 19.3 Å². The van der Waals surface area contributed by atoms with E-state index in [4.69, 9.17) is 4.74 Å². The van der Waals surface area contributed by atoms with Crippen molar-refractivity contribution in [1.82, 2.24) is 15.5 Å². The van der Waals surface area contributed by atoms with Crippen LogP contribution in [0, 0.1) is 0 Å². The van der Waals surface area contributed by atoms with Gasteiger partial charge in [0.2, 0.25) is 5.91 Å². The largest absolute Gasteiger partial charge is 0.497 e. The number of nitrogens with one attached hydrogen (secondary N) is 2. The molecular formula is C19H29N5O2. The highest BCUT2D eigenvalue weighted by atomic mass is 16.5. The molecule has 142 valence electrons. The summed E-state index contributed by atoms with van der Waals surface area (Å²) in [6, 6.07) is 8.20. The molecule has 1 aromatic carbocycles. The molecule has 1 amide bonds. The van der Waals surface area contributed by atoms with Gasteiger partial charge in [-0.05, 0) is 38.6 Å². The number of benzene rings is 1. The Balaban J connectivity index is 1.55. The number of anilines is 1. The molecule has 2 N–H and O–H groups in total. The maximum atomic E-state index is 12.4. The lowest BCUT2D eigenvalue weighted by Crippen LogP contribution is -2.48. The van der Waals surface area contributed by atoms with Gasteiger partial charge < -0.3 is 25.2 Å². The Morgan fingerprint density at radius 3 is 2.96 bits per heavy atom. The zero-order valence-electron chi connectivity index (χ0n) is 15.9. The van der Waals surface area contributed by atoms with Gasteiger partial charge in [-0.3, -0.25) is 9.79 Å². The summed E-state index contributed by atoms with van der Waals surface area (Å²) in [5.41, 5.74) is 0.870. The third-order valence-electron chi connectivity index (χ3n) is 5.23. The van der Waals surface area contributed by atoms with Crippen LogP contribution in [0.25, 0.3) is 0 Å². The molecule has 2 atom stereocenters. The van der Waals surface area contributed by atoms with Crippen molar-refractivity contribution in [2.45, 2.75) is 31.3 Å². The van der Waals surface area contributed by atoms with E-state index in [0.717, 1.165) is 30.5 Å². The molecule has 3 rings (SSSR count). The van der Waals surface area contributed by atoms with Crippen LogP contribution in [0.4, 0.5) is 5.69 Å². The summed E-state index contributed by atoms with van der Waals surface area (Å²) in [5, 5.41) is 6.79. The van der Waals surface area contributed by atoms with Crippen molar-refractivity contribution in [2.24, 2.45) is 4.99 Å². The number of aliphatic imine (C=N–C) groups is 1. The predicted molar refractivity (Wildman–Crippen MR) is 104 cm³/mol. The van der Waals surface area contributed by atoms with Gasteiger partial charge in [0.1, 0.15) is 5.75 Å². The van der Waals surface area contributed by atoms with E-state index < -0.39 is 0 Å². The summed E-state index contributed by atoms with van der Waals surface area (Å²) >= 11 is 0. The van der Waals surface area contributed by atoms with Crippen LogP contribution in [0.2, 0.25) is 0 Å². The number of rotatable bonds is 5. The molecule has 0 aliphatic carbocycles. The Bertz CT molecular complexity index is 663. The second-order valence-corrected chi connectivity index (χ2v) is 6.98. The Morgan fingerprint density at radius 1 is 1.42 bits per heavy atom. The number of hydrogen-bond donors (Lipinski definition) is 2. The molecule has 2 saturated heterocycles. The molecule has 2 unspecified atom stereocenters. The Hall–Kier alpha value is -2.28. The molecule has 2 aliphatic rings. The summed E-state index contributed by atoms with van der Waals surface area (Å²) in [6.45, 7) is 2.65. The number of carbonyl (C=O) groups excluding carboxylic acids is 1. The molecule has 0 saturated carbocycles. The lowest BCUT2D eigenvalue weighted by molar-refractivity contribution is -0.117. The van der Waals surface area contributed by atoms with Crippen molar-refractivity contribution >= 4 is 17.6 Å². The maximum Gasteiger partial charge on any atom is 0.229 e. The third kappa shape index (κ3) is 4.27. The molecule has 0 spiro atoms. The van der Waals surface area contributed by atoms with Gasteiger partial charge in [0, 0.05) is 44.4 Å². The molecule has 7 heteroatoms. The summed E-state index contributed by atoms with van der Waals surface area (Å²) in [7, 11) is 5.56. The standard InChI is InChI=1S/C19H29N5O2/c1-20-19(21-12-16-7-5-9-23(16)2)22-14-10-18(25)24(13-14)15-6-4-8-17(11-15)26-3/h4,6,8,11,14,16H,5,7,9-10,12-13H2,1-3H3,(H2,20,21,22). The van der Waals surface area contributed by atoms with Crippen LogP contribution >= 0.6 is 0 Å². The quantitative estimate of drug-likeness (QED) is 0.608. The van der Waals surface area contributed by atoms with Crippen molar-refractivity contribution < 1.29 is 9.53 Å². The lowest BCUT2D eigenvalue weighted by Gasteiger charge is -2.23. The molecule has 0 bridgehead atoms. The Kier molecular flexibility index (Phi) is 5.98. The average molecular weight is 359 g/mol. The van der Waals surface area contributed by atoms with Crippen LogP contribution < -0.4 is 20.3 Å². The molecule has 2 heterocycles. The van der Waals surface area contributed by atoms with E-state index in [-0.39, 0.29) is 11.9 Å². The summed E-state index contributed by atoms with van der Waals surface area (Å²) in [5.74, 6) is 1.63. The van der Waals surface area contributed by atoms with Gasteiger partial charge >= 0.3 is 0 Å². The number of nitrogens with zero attached hydrogens (tertiary/aromatic N) is 3. The second-order valence-electron chi connectivity index (χ2n) is 6.98. The van der Waals surface area contributed by atoms with Gasteiger partial charge in [-0.15, -0.1) is 0 Å². The van der Waals surface area contributed by atoms with Gasteiger partial charge in [-0.25, -0.2) is 0 Å². The van der Waals surface area contributed by atoms with E-state index in [1.165, 1.54) is 12.8 Å². The lowest BCUT2D eigenvalue weighted by atomic mass is 10.2. The highest BCUT2D eigenvalue weighted by molar-refractivity contribution is 5.97. The molecule has 2 fully saturated rings. The van der Waals surface area contributed by atoms with Gasteiger partial charge in [0.05, 0.1) is 13.2 Å². The zero-order valence-corrected chi connectivity index (χ0v) is 15.9. The monoisotopic (exact) mass is 359 g/mol. The SMILES string of the molecule is CN=C(NCC1CCCN1C)NC1CC(=O)N(c2cccc(OC)c2)C1. The minimum Gasteiger partial charge on any atom is -0.497 e. The molecule has 26 heavy (non-hydrogen) atoms. The maximum absolute atomic E-state index is 12.4. The van der Waals surface area contributed by atoms with Crippen LogP contribution in [0.5, 0.6) is 5.75 Å². The number of amides is 1. The number of methoxy groups -OCH3 is 1. The fourth-order valence-electron chi connectivity index (χ4n) is 3.67. The first-order chi connectivity index (χ1) is 12.6. The number of likely N-dealkylation sites (tertiary alicyclic amines) is 1. The van der Waals surface area contributed by atoms with Crippen LogP contribution in [-0.4, -0.2) is 69.7 Å². The van der Waals surface area contributed by atoms with Gasteiger partial charge in [-0.2, -0.15) is 0 Å². The minimum absolute atomic E-state index is 0.0428. The molecule has 2 aliphatic heterocycles. The number of carbonyl (C=O) groups is 1. The number of guanidine groups is 1. The van der Waals surface area contributed by atoms with Crippen molar-refractivity contribution in [3.8, 4) is 5.75 Å². The van der Waals surface area contributed by atoms with Crippen LogP contribution in [0.15, 0.2) is 29.3 Å². The zero-order chi connectivity index (χ0) is 18.5. The first kappa shape index (κ1) is 18.5. The first-order valence-electron chi connectivity index (χ1n) is 9.22. The molecular weight excluding hydrogens is 330 g/mol. The van der Waals surface area contributed by atoms with Gasteiger partial charge in [0.15, 0.2) is 5.96 Å². The Morgan fingerprint density at radius 2 is 2.27 bits per heavy atom. The molecule has 0 aromatic heterocycles. The Labute approximate surface area is 155 Å². The van der Waals surface area contributed by atoms with Crippen LogP contribution in [0.3, 0.4) is 0 Å². The third-order valence-corrected chi connectivity index (χ3v) is 5.23. The number of likely N-dealkylation sites (N-methyl/N-ethyl adjacent to an activating group) is 1. The fourth-order valence-corrected chi connectivity index (χ4v) is 3.67. The van der Waals surface area contributed by atoms with E-state index in [9.17, 15) is 4.79 Å². The topological polar surface area (TPSA) is 69.2 Å². The van der Waals surface area contributed by atoms with Crippen molar-refractivity contribution in [3.05, 3.63) is 24.3 Å². The van der Waals surface area contributed by atoms with E-state index in [2.05, 4.69) is 27.6 Å². The van der Waals surface area contributed by atoms with E-state index in [1.807, 2.05) is 24.3 Å². The van der Waals surface area contributed by atoms with Crippen molar-refractivity contribution in [1.29, 1.82) is 0 Å². The molecule has 0 radical (unpaired) electrons. The smallest absolute Gasteiger partial charge is 0.229 e. The van der Waals surface area contributed by atoms with Crippen molar-refractivity contribution in [3.63, 3.8) is 0 Å². The van der Waals surface area contributed by atoms with Gasteiger partial charge in [0.25, 0.3) is 0 Å². The number of ether oxygens (including phenoxy) is 1. The fraction of sp³-hybridized carbons (Fsp3) is 0.579. The van der Waals surface area contributed by atoms with Crippen molar-refractivity contribution in [2.75, 3.05) is 45.7 Å². The van der Waals surface area contributed by atoms with E-state index in [0.29, 0.717) is 19.0 Å². The van der Waals surface area contributed by atoms with E-state index >= 15 is 0 Å². The second kappa shape index (κ2) is 8.40. The van der Waals surface area contributed by atoms with E-state index in [1.54, 1.807) is 19.1 Å². The summed E-state index contributed by atoms with van der Waals surface area (Å²) in [4.78, 5) is 20.9. The highest BCUT2D eigenvalue weighted by Gasteiger charge is 2.31. The number of hydrogen-bond acceptors (Lipinski definition) is 4. The predicted octanol–water partition coefficient (Wildman–Crippen LogP) is 1.06. The summed E-state index contributed by atoms with van der Waals surface area (Å²) < 4.78 is 5.26. The first-order valence-corrected chi connectivity index (χ1v) is 9.22. The minimum atomic E-state index is 0.0428. The molecule has 7 nitrogen and oxygen atoms in total. The van der Waals surface area contributed by atoms with Crippen LogP contribution in [-0.2, 0) is 4.79 Å². The normalized spacial score (nSPS) is 24.2. The van der Waals surface area contributed by atoms with Gasteiger partial charge in [-0.1, -0.05) is 6.07 Å². The molecule has 1 aromatic rings. The average Bonchev–Trinajstić information content (AvgIpc) is 3.23.